The topological polar surface area (TPSA) is 57.7 Å². The van der Waals surface area contributed by atoms with E-state index in [1.165, 1.54) is 10.7 Å². The predicted molar refractivity (Wildman–Crippen MR) is 95.8 cm³/mol. The second kappa shape index (κ2) is 8.87. The van der Waals surface area contributed by atoms with Crippen LogP contribution in [-0.2, 0) is 14.8 Å². The highest BCUT2D eigenvalue weighted by Gasteiger charge is 2.35. The zero-order chi connectivity index (χ0) is 17.6. The molecule has 0 N–H and O–H groups in total. The SMILES string of the molecule is C#CCN(C(=O)C1CCCN(S(=O)(=O)CCC)C1)C1CCCCC1. The molecule has 136 valence electrons. The summed E-state index contributed by atoms with van der Waals surface area (Å²) in [7, 11) is -3.24. The first-order chi connectivity index (χ1) is 11.5. The number of hydrogen-bond acceptors (Lipinski definition) is 3. The standard InChI is InChI=1S/C18H30N2O3S/c1-3-12-20(17-10-6-5-7-11-17)18(21)16-9-8-13-19(15-16)24(22,23)14-4-2/h1,16-17H,4-15H2,2H3. The van der Waals surface area contributed by atoms with Gasteiger partial charge in [-0.25, -0.2) is 12.7 Å². The Morgan fingerprint density at radius 3 is 2.54 bits per heavy atom. The van der Waals surface area contributed by atoms with Crippen LogP contribution in [0, 0.1) is 18.3 Å². The molecule has 0 spiro atoms. The van der Waals surface area contributed by atoms with E-state index in [-0.39, 0.29) is 23.6 Å². The maximum Gasteiger partial charge on any atom is 0.228 e. The molecule has 24 heavy (non-hydrogen) atoms. The van der Waals surface area contributed by atoms with Crippen molar-refractivity contribution in [1.29, 1.82) is 0 Å². The van der Waals surface area contributed by atoms with Crippen molar-refractivity contribution in [3.05, 3.63) is 0 Å². The summed E-state index contributed by atoms with van der Waals surface area (Å²) in [6, 6.07) is 0.227. The van der Waals surface area contributed by atoms with Crippen LogP contribution >= 0.6 is 0 Å². The van der Waals surface area contributed by atoms with E-state index >= 15 is 0 Å². The summed E-state index contributed by atoms with van der Waals surface area (Å²) in [5.74, 6) is 2.58. The second-order valence-corrected chi connectivity index (χ2v) is 9.06. The van der Waals surface area contributed by atoms with E-state index in [9.17, 15) is 13.2 Å². The molecule has 0 aromatic carbocycles. The second-order valence-electron chi connectivity index (χ2n) is 6.98. The van der Waals surface area contributed by atoms with E-state index in [0.29, 0.717) is 26.1 Å². The molecule has 2 rings (SSSR count). The van der Waals surface area contributed by atoms with Crippen molar-refractivity contribution in [3.8, 4) is 12.3 Å². The van der Waals surface area contributed by atoms with Crippen molar-refractivity contribution < 1.29 is 13.2 Å². The average Bonchev–Trinajstić information content (AvgIpc) is 2.60. The van der Waals surface area contributed by atoms with Crippen LogP contribution in [0.15, 0.2) is 0 Å². The smallest absolute Gasteiger partial charge is 0.228 e. The van der Waals surface area contributed by atoms with Gasteiger partial charge < -0.3 is 4.90 Å². The van der Waals surface area contributed by atoms with Crippen LogP contribution in [0.1, 0.15) is 58.3 Å². The Kier molecular flexibility index (Phi) is 7.12. The summed E-state index contributed by atoms with van der Waals surface area (Å²) in [5, 5.41) is 0. The maximum absolute atomic E-state index is 13.0. The lowest BCUT2D eigenvalue weighted by atomic mass is 9.91. The number of hydrogen-bond donors (Lipinski definition) is 0. The summed E-state index contributed by atoms with van der Waals surface area (Å²) in [4.78, 5) is 14.9. The number of amides is 1. The molecule has 6 heteroatoms. The van der Waals surface area contributed by atoms with Gasteiger partial charge in [0.1, 0.15) is 0 Å². The molecule has 2 fully saturated rings. The van der Waals surface area contributed by atoms with Gasteiger partial charge in [0.15, 0.2) is 0 Å². The van der Waals surface area contributed by atoms with Crippen molar-refractivity contribution in [3.63, 3.8) is 0 Å². The van der Waals surface area contributed by atoms with Gasteiger partial charge in [-0.2, -0.15) is 0 Å². The molecular formula is C18H30N2O3S. The van der Waals surface area contributed by atoms with Gasteiger partial charge in [-0.3, -0.25) is 4.79 Å². The third kappa shape index (κ3) is 4.73. The van der Waals surface area contributed by atoms with Crippen LogP contribution in [0.25, 0.3) is 0 Å². The number of rotatable bonds is 6. The first-order valence-electron chi connectivity index (χ1n) is 9.21. The van der Waals surface area contributed by atoms with Gasteiger partial charge in [-0.15, -0.1) is 6.42 Å². The average molecular weight is 355 g/mol. The van der Waals surface area contributed by atoms with Gasteiger partial charge in [-0.05, 0) is 32.1 Å². The molecule has 1 heterocycles. The summed E-state index contributed by atoms with van der Waals surface area (Å²) in [5.41, 5.74) is 0. The quantitative estimate of drug-likeness (QED) is 0.687. The van der Waals surface area contributed by atoms with Crippen LogP contribution in [-0.4, -0.2) is 55.0 Å². The highest BCUT2D eigenvalue weighted by atomic mass is 32.2. The fourth-order valence-corrected chi connectivity index (χ4v) is 5.48. The fourth-order valence-electron chi connectivity index (χ4n) is 3.90. The van der Waals surface area contributed by atoms with Crippen molar-refractivity contribution in [2.75, 3.05) is 25.4 Å². The molecule has 5 nitrogen and oxygen atoms in total. The van der Waals surface area contributed by atoms with Gasteiger partial charge >= 0.3 is 0 Å². The normalized spacial score (nSPS) is 23.6. The van der Waals surface area contributed by atoms with Crippen LogP contribution in [0.3, 0.4) is 0 Å². The Hall–Kier alpha value is -1.06. The molecule has 1 amide bonds. The third-order valence-corrected chi connectivity index (χ3v) is 7.19. The largest absolute Gasteiger partial charge is 0.328 e. The molecule has 1 saturated heterocycles. The number of carbonyl (C=O) groups is 1. The third-order valence-electron chi connectivity index (χ3n) is 5.15. The summed E-state index contributed by atoms with van der Waals surface area (Å²) >= 11 is 0. The van der Waals surface area contributed by atoms with E-state index in [2.05, 4.69) is 5.92 Å². The highest BCUT2D eigenvalue weighted by Crippen LogP contribution is 2.27. The maximum atomic E-state index is 13.0. The van der Waals surface area contributed by atoms with Gasteiger partial charge in [0, 0.05) is 19.1 Å². The van der Waals surface area contributed by atoms with Gasteiger partial charge in [0.2, 0.25) is 15.9 Å². The van der Waals surface area contributed by atoms with Gasteiger partial charge in [0.25, 0.3) is 0 Å². The summed E-state index contributed by atoms with van der Waals surface area (Å²) < 4.78 is 26.2. The Bertz CT molecular complexity index is 561. The minimum Gasteiger partial charge on any atom is -0.328 e. The number of carbonyl (C=O) groups excluding carboxylic acids is 1. The van der Waals surface area contributed by atoms with Gasteiger partial charge in [0.05, 0.1) is 18.2 Å². The Balaban J connectivity index is 2.07. The molecule has 0 aromatic heterocycles. The lowest BCUT2D eigenvalue weighted by Crippen LogP contribution is -2.50. The van der Waals surface area contributed by atoms with Crippen molar-refractivity contribution in [2.24, 2.45) is 5.92 Å². The monoisotopic (exact) mass is 354 g/mol. The lowest BCUT2D eigenvalue weighted by Gasteiger charge is -2.38. The molecule has 1 atom stereocenters. The highest BCUT2D eigenvalue weighted by molar-refractivity contribution is 7.89. The van der Waals surface area contributed by atoms with E-state index in [1.54, 1.807) is 0 Å². The number of terminal acetylenes is 1. The zero-order valence-electron chi connectivity index (χ0n) is 14.7. The van der Waals surface area contributed by atoms with Crippen molar-refractivity contribution >= 4 is 15.9 Å². The Morgan fingerprint density at radius 1 is 1.21 bits per heavy atom. The van der Waals surface area contributed by atoms with Gasteiger partial charge in [-0.1, -0.05) is 32.1 Å². The molecule has 2 aliphatic rings. The van der Waals surface area contributed by atoms with E-state index in [1.807, 2.05) is 11.8 Å². The number of nitrogens with zero attached hydrogens (tertiary/aromatic N) is 2. The fraction of sp³-hybridized carbons (Fsp3) is 0.833. The first-order valence-corrected chi connectivity index (χ1v) is 10.8. The molecular weight excluding hydrogens is 324 g/mol. The van der Waals surface area contributed by atoms with E-state index < -0.39 is 10.0 Å². The van der Waals surface area contributed by atoms with Crippen LogP contribution < -0.4 is 0 Å². The van der Waals surface area contributed by atoms with Crippen LogP contribution in [0.5, 0.6) is 0 Å². The molecule has 1 saturated carbocycles. The molecule has 0 aromatic rings. The molecule has 0 bridgehead atoms. The van der Waals surface area contributed by atoms with Crippen molar-refractivity contribution in [1.82, 2.24) is 9.21 Å². The van der Waals surface area contributed by atoms with Crippen LogP contribution in [0.2, 0.25) is 0 Å². The molecule has 1 unspecified atom stereocenters. The number of sulfonamides is 1. The zero-order valence-corrected chi connectivity index (χ0v) is 15.6. The van der Waals surface area contributed by atoms with Crippen molar-refractivity contribution in [2.45, 2.75) is 64.3 Å². The predicted octanol–water partition coefficient (Wildman–Crippen LogP) is 2.23. The summed E-state index contributed by atoms with van der Waals surface area (Å²) in [6.45, 7) is 3.04. The first kappa shape index (κ1) is 19.3. The Morgan fingerprint density at radius 2 is 1.92 bits per heavy atom. The minimum absolute atomic E-state index is 0.0521. The summed E-state index contributed by atoms with van der Waals surface area (Å²) in [6.07, 6.45) is 13.1. The minimum atomic E-state index is -3.24. The Labute approximate surface area is 146 Å². The number of piperidine rings is 1. The molecule has 0 radical (unpaired) electrons. The van der Waals surface area contributed by atoms with Crippen LogP contribution in [0.4, 0.5) is 0 Å². The van der Waals surface area contributed by atoms with E-state index in [4.69, 9.17) is 6.42 Å². The molecule has 1 aliphatic carbocycles. The van der Waals surface area contributed by atoms with E-state index in [0.717, 1.165) is 38.5 Å². The molecule has 1 aliphatic heterocycles. The lowest BCUT2D eigenvalue weighted by molar-refractivity contribution is -0.139.